The van der Waals surface area contributed by atoms with E-state index in [9.17, 15) is 0 Å². The fourth-order valence-corrected chi connectivity index (χ4v) is 2.72. The summed E-state index contributed by atoms with van der Waals surface area (Å²) in [7, 11) is 0. The van der Waals surface area contributed by atoms with Crippen LogP contribution in [0.4, 0.5) is 0 Å². The molecule has 0 aliphatic carbocycles. The molecule has 2 atom stereocenters. The van der Waals surface area contributed by atoms with E-state index in [4.69, 9.17) is 0 Å². The quantitative estimate of drug-likeness (QED) is 0.267. The summed E-state index contributed by atoms with van der Waals surface area (Å²) in [5, 5.41) is 0. The molecular weight excluding hydrogens is 380 g/mol. The van der Waals surface area contributed by atoms with Crippen molar-refractivity contribution in [1.82, 2.24) is 0 Å². The highest BCUT2D eigenvalue weighted by molar-refractivity contribution is 4.61. The standard InChI is InChI=1S/2C10H22.2C4H8.CH4.2H2O/c2*1-5-9(4)8-10(6-2)7-3;2*1-3-4-2;;;/h2*9-10H,5-8H2,1-4H3;2*3H,1,4H2,2H3;1H4;2*1H2. The first-order valence-electron chi connectivity index (χ1n) is 12.5. The Morgan fingerprint density at radius 3 is 0.806 bits per heavy atom. The largest absolute Gasteiger partial charge is 0.412 e. The molecule has 0 aromatic carbocycles. The molecule has 0 heterocycles. The fourth-order valence-electron chi connectivity index (χ4n) is 2.72. The SMILES string of the molecule is C.C=CCC.C=CCC.CCC(C)CC(CC)CC.CCC(C)CC(CC)CC.O.O. The topological polar surface area (TPSA) is 63.0 Å². The molecule has 0 spiro atoms. The lowest BCUT2D eigenvalue weighted by atomic mass is 9.90. The molecule has 0 amide bonds. The minimum Gasteiger partial charge on any atom is -0.412 e. The predicted molar refractivity (Wildman–Crippen MR) is 151 cm³/mol. The Kier molecular flexibility index (Phi) is 67.0. The Hall–Kier alpha value is -0.600. The zero-order valence-electron chi connectivity index (χ0n) is 22.9. The zero-order chi connectivity index (χ0) is 22.8. The van der Waals surface area contributed by atoms with Gasteiger partial charge in [-0.05, 0) is 49.4 Å². The number of hydrogen-bond acceptors (Lipinski definition) is 0. The van der Waals surface area contributed by atoms with Crippen molar-refractivity contribution >= 4 is 0 Å². The minimum atomic E-state index is 0. The van der Waals surface area contributed by atoms with E-state index in [-0.39, 0.29) is 18.4 Å². The van der Waals surface area contributed by atoms with Crippen LogP contribution in [-0.2, 0) is 0 Å². The van der Waals surface area contributed by atoms with Crippen LogP contribution < -0.4 is 0 Å². The smallest absolute Gasteiger partial charge is 0.0382 e. The lowest BCUT2D eigenvalue weighted by molar-refractivity contribution is 0.364. The molecule has 31 heavy (non-hydrogen) atoms. The van der Waals surface area contributed by atoms with E-state index < -0.39 is 0 Å². The molecule has 0 radical (unpaired) electrons. The summed E-state index contributed by atoms with van der Waals surface area (Å²) in [6, 6.07) is 0. The number of hydrogen-bond donors (Lipinski definition) is 0. The second kappa shape index (κ2) is 43.3. The van der Waals surface area contributed by atoms with E-state index in [1.165, 1.54) is 51.4 Å². The first-order chi connectivity index (χ1) is 13.3. The van der Waals surface area contributed by atoms with Gasteiger partial charge < -0.3 is 11.0 Å². The Morgan fingerprint density at radius 1 is 0.516 bits per heavy atom. The van der Waals surface area contributed by atoms with E-state index in [2.05, 4.69) is 82.4 Å². The Bertz CT molecular complexity index is 240. The molecular formula is C29H68O2. The normalized spacial score (nSPS) is 10.7. The molecule has 0 fully saturated rings. The van der Waals surface area contributed by atoms with Crippen LogP contribution in [0.3, 0.4) is 0 Å². The highest BCUT2D eigenvalue weighted by Crippen LogP contribution is 2.20. The molecule has 2 nitrogen and oxygen atoms in total. The maximum atomic E-state index is 3.48. The van der Waals surface area contributed by atoms with Crippen molar-refractivity contribution in [3.05, 3.63) is 25.3 Å². The van der Waals surface area contributed by atoms with Gasteiger partial charge in [-0.2, -0.15) is 0 Å². The summed E-state index contributed by atoms with van der Waals surface area (Å²) in [4.78, 5) is 0. The van der Waals surface area contributed by atoms with Crippen molar-refractivity contribution in [3.8, 4) is 0 Å². The van der Waals surface area contributed by atoms with Crippen LogP contribution in [0.15, 0.2) is 25.3 Å². The van der Waals surface area contributed by atoms with E-state index >= 15 is 0 Å². The average molecular weight is 449 g/mol. The summed E-state index contributed by atoms with van der Waals surface area (Å²) in [5.74, 6) is 3.83. The Labute approximate surface area is 201 Å². The van der Waals surface area contributed by atoms with Crippen LogP contribution in [0, 0.1) is 23.7 Å². The van der Waals surface area contributed by atoms with Gasteiger partial charge in [0, 0.05) is 0 Å². The first-order valence-corrected chi connectivity index (χ1v) is 12.5. The van der Waals surface area contributed by atoms with E-state index in [0.717, 1.165) is 36.5 Å². The first kappa shape index (κ1) is 48.0. The predicted octanol–water partition coefficient (Wildman–Crippen LogP) is 9.87. The van der Waals surface area contributed by atoms with E-state index in [0.29, 0.717) is 0 Å². The van der Waals surface area contributed by atoms with Gasteiger partial charge in [0.05, 0.1) is 0 Å². The molecule has 0 aromatic heterocycles. The maximum absolute atomic E-state index is 3.48. The van der Waals surface area contributed by atoms with Crippen molar-refractivity contribution in [3.63, 3.8) is 0 Å². The highest BCUT2D eigenvalue weighted by atomic mass is 16.0. The summed E-state index contributed by atoms with van der Waals surface area (Å²) in [6.45, 7) is 29.6. The number of rotatable bonds is 12. The van der Waals surface area contributed by atoms with Gasteiger partial charge in [0.2, 0.25) is 0 Å². The molecule has 2 heteroatoms. The Balaban J connectivity index is -0.0000000518. The van der Waals surface area contributed by atoms with Gasteiger partial charge in [-0.1, -0.05) is 127 Å². The van der Waals surface area contributed by atoms with Gasteiger partial charge in [-0.3, -0.25) is 0 Å². The summed E-state index contributed by atoms with van der Waals surface area (Å²) in [6.07, 6.45) is 16.9. The second-order valence-corrected chi connectivity index (χ2v) is 8.26. The van der Waals surface area contributed by atoms with E-state index in [1.807, 2.05) is 12.2 Å². The third-order valence-corrected chi connectivity index (χ3v) is 5.75. The third-order valence-electron chi connectivity index (χ3n) is 5.75. The van der Waals surface area contributed by atoms with Crippen LogP contribution >= 0.6 is 0 Å². The molecule has 0 aliphatic heterocycles. The second-order valence-electron chi connectivity index (χ2n) is 8.26. The van der Waals surface area contributed by atoms with Crippen LogP contribution in [-0.4, -0.2) is 11.0 Å². The van der Waals surface area contributed by atoms with Gasteiger partial charge in [-0.15, -0.1) is 13.2 Å². The van der Waals surface area contributed by atoms with Crippen molar-refractivity contribution in [2.45, 2.75) is 141 Å². The highest BCUT2D eigenvalue weighted by Gasteiger charge is 2.07. The van der Waals surface area contributed by atoms with Gasteiger partial charge in [0.1, 0.15) is 0 Å². The van der Waals surface area contributed by atoms with Gasteiger partial charge in [0.25, 0.3) is 0 Å². The van der Waals surface area contributed by atoms with Crippen LogP contribution in [0.25, 0.3) is 0 Å². The van der Waals surface area contributed by atoms with Crippen molar-refractivity contribution < 1.29 is 11.0 Å². The molecule has 0 aliphatic rings. The molecule has 196 valence electrons. The molecule has 0 aromatic rings. The van der Waals surface area contributed by atoms with Gasteiger partial charge in [-0.25, -0.2) is 0 Å². The van der Waals surface area contributed by atoms with Gasteiger partial charge >= 0.3 is 0 Å². The summed E-state index contributed by atoms with van der Waals surface area (Å²) < 4.78 is 0. The average Bonchev–Trinajstić information content (AvgIpc) is 2.75. The molecule has 0 saturated carbocycles. The van der Waals surface area contributed by atoms with Crippen molar-refractivity contribution in [2.24, 2.45) is 23.7 Å². The van der Waals surface area contributed by atoms with Crippen molar-refractivity contribution in [1.29, 1.82) is 0 Å². The lowest BCUT2D eigenvalue weighted by Gasteiger charge is -2.16. The zero-order valence-corrected chi connectivity index (χ0v) is 22.9. The molecule has 0 rings (SSSR count). The number of allylic oxidation sites excluding steroid dienone is 2. The van der Waals surface area contributed by atoms with Crippen LogP contribution in [0.5, 0.6) is 0 Å². The molecule has 0 saturated heterocycles. The van der Waals surface area contributed by atoms with Gasteiger partial charge in [0.15, 0.2) is 0 Å². The molecule has 4 N–H and O–H groups in total. The fraction of sp³-hybridized carbons (Fsp3) is 0.862. The maximum Gasteiger partial charge on any atom is -0.0382 e. The van der Waals surface area contributed by atoms with E-state index in [1.54, 1.807) is 0 Å². The Morgan fingerprint density at radius 2 is 0.710 bits per heavy atom. The van der Waals surface area contributed by atoms with Crippen molar-refractivity contribution in [2.75, 3.05) is 0 Å². The summed E-state index contributed by atoms with van der Waals surface area (Å²) >= 11 is 0. The summed E-state index contributed by atoms with van der Waals surface area (Å²) in [5.41, 5.74) is 0. The monoisotopic (exact) mass is 449 g/mol. The minimum absolute atomic E-state index is 0. The van der Waals surface area contributed by atoms with Crippen LogP contribution in [0.2, 0.25) is 0 Å². The molecule has 0 bridgehead atoms. The molecule has 2 unspecified atom stereocenters. The lowest BCUT2D eigenvalue weighted by Crippen LogP contribution is -2.03. The third kappa shape index (κ3) is 48.2. The van der Waals surface area contributed by atoms with Crippen LogP contribution in [0.1, 0.15) is 141 Å².